The Balaban J connectivity index is 1.50. The molecule has 3 N–H and O–H groups in total. The third-order valence-electron chi connectivity index (χ3n) is 5.17. The van der Waals surface area contributed by atoms with E-state index in [0.29, 0.717) is 11.4 Å². The lowest BCUT2D eigenvalue weighted by molar-refractivity contribution is -0.0933. The Morgan fingerprint density at radius 1 is 1.32 bits per heavy atom. The lowest BCUT2D eigenvalue weighted by Gasteiger charge is -2.41. The quantitative estimate of drug-likeness (QED) is 0.780. The molecule has 28 heavy (non-hydrogen) atoms. The molecule has 0 amide bonds. The van der Waals surface area contributed by atoms with E-state index in [2.05, 4.69) is 9.97 Å². The minimum Gasteiger partial charge on any atom is -0.370 e. The Kier molecular flexibility index (Phi) is 4.73. The van der Waals surface area contributed by atoms with Crippen LogP contribution in [-0.4, -0.2) is 54.4 Å². The van der Waals surface area contributed by atoms with Gasteiger partial charge in [0.15, 0.2) is 0 Å². The van der Waals surface area contributed by atoms with Gasteiger partial charge in [-0.25, -0.2) is 26.6 Å². The number of hydrogen-bond donors (Lipinski definition) is 2. The van der Waals surface area contributed by atoms with Crippen LogP contribution < -0.4 is 5.73 Å². The van der Waals surface area contributed by atoms with Crippen molar-refractivity contribution in [3.05, 3.63) is 46.8 Å². The SMILES string of the molecule is CS(=O)(=O)c1nc2c([nH]1)CN([C@H]1CO[C@H](c3cc(F)ccc3F)[C@@H](N)[C@H]1F)C2. The Bertz CT molecular complexity index is 990. The summed E-state index contributed by atoms with van der Waals surface area (Å²) in [5, 5.41) is -0.118. The summed E-state index contributed by atoms with van der Waals surface area (Å²) < 4.78 is 71.3. The van der Waals surface area contributed by atoms with E-state index in [4.69, 9.17) is 10.5 Å². The van der Waals surface area contributed by atoms with Crippen LogP contribution in [0.1, 0.15) is 23.1 Å². The largest absolute Gasteiger partial charge is 0.370 e. The number of sulfone groups is 1. The molecule has 3 heterocycles. The molecule has 0 radical (unpaired) electrons. The van der Waals surface area contributed by atoms with Gasteiger partial charge in [0, 0.05) is 24.9 Å². The van der Waals surface area contributed by atoms with E-state index < -0.39 is 45.8 Å². The van der Waals surface area contributed by atoms with Crippen LogP contribution in [0.5, 0.6) is 0 Å². The van der Waals surface area contributed by atoms with E-state index in [1.165, 1.54) is 0 Å². The number of nitrogens with two attached hydrogens (primary N) is 1. The predicted octanol–water partition coefficient (Wildman–Crippen LogP) is 1.21. The van der Waals surface area contributed by atoms with E-state index in [0.717, 1.165) is 24.5 Å². The highest BCUT2D eigenvalue weighted by Gasteiger charge is 2.44. The fourth-order valence-electron chi connectivity index (χ4n) is 3.71. The van der Waals surface area contributed by atoms with E-state index in [9.17, 15) is 17.2 Å². The molecule has 11 heteroatoms. The zero-order chi connectivity index (χ0) is 20.2. The first-order valence-corrected chi connectivity index (χ1v) is 10.5. The molecular formula is C17H19F3N4O3S. The molecular weight excluding hydrogens is 397 g/mol. The summed E-state index contributed by atoms with van der Waals surface area (Å²) in [5.41, 5.74) is 6.99. The maximum Gasteiger partial charge on any atom is 0.225 e. The van der Waals surface area contributed by atoms with Crippen molar-refractivity contribution in [1.29, 1.82) is 0 Å². The molecule has 152 valence electrons. The maximum absolute atomic E-state index is 15.1. The average Bonchev–Trinajstić information content (AvgIpc) is 3.18. The summed E-state index contributed by atoms with van der Waals surface area (Å²) in [6.45, 7) is 0.429. The van der Waals surface area contributed by atoms with Crippen LogP contribution in [0.4, 0.5) is 13.2 Å². The van der Waals surface area contributed by atoms with Gasteiger partial charge in [0.05, 0.1) is 30.1 Å². The van der Waals surface area contributed by atoms with Gasteiger partial charge in [-0.05, 0) is 18.2 Å². The van der Waals surface area contributed by atoms with Crippen LogP contribution in [0.3, 0.4) is 0 Å². The molecule has 0 unspecified atom stereocenters. The number of hydrogen-bond acceptors (Lipinski definition) is 6. The number of halogens is 3. The molecule has 0 saturated carbocycles. The molecule has 4 rings (SSSR count). The Morgan fingerprint density at radius 3 is 2.75 bits per heavy atom. The number of benzene rings is 1. The molecule has 1 aromatic carbocycles. The number of alkyl halides is 1. The Hall–Kier alpha value is -1.95. The van der Waals surface area contributed by atoms with Crippen molar-refractivity contribution in [2.24, 2.45) is 5.73 Å². The monoisotopic (exact) mass is 416 g/mol. The Labute approximate surface area is 159 Å². The van der Waals surface area contributed by atoms with Gasteiger partial charge in [0.2, 0.25) is 15.0 Å². The van der Waals surface area contributed by atoms with Crippen molar-refractivity contribution in [2.75, 3.05) is 12.9 Å². The minimum atomic E-state index is -3.46. The molecule has 1 saturated heterocycles. The number of imidazole rings is 1. The minimum absolute atomic E-state index is 0.0707. The first-order chi connectivity index (χ1) is 13.1. The number of ether oxygens (including phenoxy) is 1. The lowest BCUT2D eigenvalue weighted by Crippen LogP contribution is -2.56. The van der Waals surface area contributed by atoms with Crippen LogP contribution in [0.25, 0.3) is 0 Å². The van der Waals surface area contributed by atoms with Gasteiger partial charge in [-0.3, -0.25) is 4.90 Å². The van der Waals surface area contributed by atoms with Crippen LogP contribution in [0, 0.1) is 11.6 Å². The Morgan fingerprint density at radius 2 is 2.07 bits per heavy atom. The van der Waals surface area contributed by atoms with Gasteiger partial charge in [0.1, 0.15) is 23.9 Å². The molecule has 0 aliphatic carbocycles. The third-order valence-corrected chi connectivity index (χ3v) is 6.07. The third kappa shape index (κ3) is 3.32. The van der Waals surface area contributed by atoms with E-state index >= 15 is 4.39 Å². The van der Waals surface area contributed by atoms with E-state index in [1.54, 1.807) is 4.90 Å². The van der Waals surface area contributed by atoms with E-state index in [-0.39, 0.29) is 30.4 Å². The summed E-state index contributed by atoms with van der Waals surface area (Å²) in [6.07, 6.45) is -1.60. The first kappa shape index (κ1) is 19.4. The van der Waals surface area contributed by atoms with Crippen molar-refractivity contribution in [3.8, 4) is 0 Å². The van der Waals surface area contributed by atoms with Crippen molar-refractivity contribution in [2.45, 2.75) is 42.6 Å². The fourth-order valence-corrected chi connectivity index (χ4v) is 4.29. The highest BCUT2D eigenvalue weighted by Crippen LogP contribution is 2.35. The number of aromatic amines is 1. The van der Waals surface area contributed by atoms with Gasteiger partial charge in [-0.2, -0.15) is 0 Å². The molecule has 1 fully saturated rings. The highest BCUT2D eigenvalue weighted by atomic mass is 32.2. The normalized spacial score (nSPS) is 28.5. The van der Waals surface area contributed by atoms with Crippen LogP contribution in [-0.2, 0) is 27.7 Å². The average molecular weight is 416 g/mol. The van der Waals surface area contributed by atoms with Gasteiger partial charge in [-0.1, -0.05) is 0 Å². The number of fused-ring (bicyclic) bond motifs is 1. The van der Waals surface area contributed by atoms with Crippen LogP contribution in [0.2, 0.25) is 0 Å². The lowest BCUT2D eigenvalue weighted by atomic mass is 9.91. The number of aromatic nitrogens is 2. The summed E-state index contributed by atoms with van der Waals surface area (Å²) >= 11 is 0. The highest BCUT2D eigenvalue weighted by molar-refractivity contribution is 7.90. The molecule has 2 aliphatic heterocycles. The smallest absolute Gasteiger partial charge is 0.225 e. The molecule has 0 bridgehead atoms. The van der Waals surface area contributed by atoms with Crippen molar-refractivity contribution < 1.29 is 26.3 Å². The molecule has 2 aromatic rings. The van der Waals surface area contributed by atoms with E-state index in [1.807, 2.05) is 0 Å². The fraction of sp³-hybridized carbons (Fsp3) is 0.471. The molecule has 2 aliphatic rings. The predicted molar refractivity (Wildman–Crippen MR) is 92.7 cm³/mol. The van der Waals surface area contributed by atoms with Crippen molar-refractivity contribution in [3.63, 3.8) is 0 Å². The summed E-state index contributed by atoms with van der Waals surface area (Å²) in [6, 6.07) is 0.988. The zero-order valence-electron chi connectivity index (χ0n) is 14.9. The zero-order valence-corrected chi connectivity index (χ0v) is 15.7. The standard InChI is InChI=1S/C17H19F3N4O3S/c1-28(25,26)17-22-11-5-24(6-12(11)23-17)13-7-27-16(15(21)14(13)20)9-4-8(18)2-3-10(9)19/h2-4,13-16H,5-7,21H2,1H3,(H,22,23)/t13-,14-,15-,16+/m0/s1. The number of rotatable bonds is 3. The summed E-state index contributed by atoms with van der Waals surface area (Å²) in [7, 11) is -3.46. The molecule has 4 atom stereocenters. The second kappa shape index (κ2) is 6.83. The number of H-pyrrole nitrogens is 1. The number of nitrogens with zero attached hydrogens (tertiary/aromatic N) is 2. The second-order valence-corrected chi connectivity index (χ2v) is 9.08. The van der Waals surface area contributed by atoms with Crippen molar-refractivity contribution in [1.82, 2.24) is 14.9 Å². The summed E-state index contributed by atoms with van der Waals surface area (Å²) in [5.74, 6) is -1.36. The molecule has 1 aromatic heterocycles. The van der Waals surface area contributed by atoms with Gasteiger partial charge in [0.25, 0.3) is 0 Å². The topological polar surface area (TPSA) is 101 Å². The summed E-state index contributed by atoms with van der Waals surface area (Å²) in [4.78, 5) is 8.55. The van der Waals surface area contributed by atoms with Crippen LogP contribution >= 0.6 is 0 Å². The van der Waals surface area contributed by atoms with Gasteiger partial charge < -0.3 is 15.5 Å². The first-order valence-electron chi connectivity index (χ1n) is 8.63. The van der Waals surface area contributed by atoms with Gasteiger partial charge in [-0.15, -0.1) is 0 Å². The maximum atomic E-state index is 15.1. The second-order valence-electron chi connectivity index (χ2n) is 7.15. The number of nitrogens with one attached hydrogen (secondary N) is 1. The van der Waals surface area contributed by atoms with Crippen LogP contribution in [0.15, 0.2) is 23.4 Å². The van der Waals surface area contributed by atoms with Gasteiger partial charge >= 0.3 is 0 Å². The molecule has 0 spiro atoms. The molecule has 7 nitrogen and oxygen atoms in total. The van der Waals surface area contributed by atoms with Crippen molar-refractivity contribution >= 4 is 9.84 Å².